The third-order valence-electron chi connectivity index (χ3n) is 2.71. The van der Waals surface area contributed by atoms with Crippen molar-refractivity contribution in [2.45, 2.75) is 13.0 Å². The summed E-state index contributed by atoms with van der Waals surface area (Å²) in [6.07, 6.45) is 0.302. The van der Waals surface area contributed by atoms with Crippen LogP contribution >= 0.6 is 0 Å². The molecule has 18 heavy (non-hydrogen) atoms. The number of nitrogens with two attached hydrogens (primary N) is 1. The van der Waals surface area contributed by atoms with Crippen LogP contribution in [0, 0.1) is 18.6 Å². The first kappa shape index (κ1) is 12.4. The molecule has 5 heteroatoms. The van der Waals surface area contributed by atoms with Crippen LogP contribution in [0.5, 0.6) is 0 Å². The molecule has 0 saturated carbocycles. The molecular formula is C13H12F2N2O. The average Bonchev–Trinajstić information content (AvgIpc) is 2.27. The first-order valence-electron chi connectivity index (χ1n) is 5.34. The van der Waals surface area contributed by atoms with E-state index < -0.39 is 17.7 Å². The number of rotatable bonds is 2. The monoisotopic (exact) mass is 250 g/mol. The van der Waals surface area contributed by atoms with Crippen LogP contribution in [-0.4, -0.2) is 10.1 Å². The molecule has 1 atom stereocenters. The third-order valence-corrected chi connectivity index (χ3v) is 2.71. The van der Waals surface area contributed by atoms with Gasteiger partial charge in [-0.05, 0) is 36.2 Å². The van der Waals surface area contributed by atoms with Crippen molar-refractivity contribution in [3.63, 3.8) is 0 Å². The van der Waals surface area contributed by atoms with Crippen molar-refractivity contribution in [2.75, 3.05) is 5.73 Å². The maximum Gasteiger partial charge on any atom is 0.129 e. The van der Waals surface area contributed by atoms with Crippen LogP contribution in [0.4, 0.5) is 14.6 Å². The van der Waals surface area contributed by atoms with Gasteiger partial charge in [-0.1, -0.05) is 0 Å². The van der Waals surface area contributed by atoms with Gasteiger partial charge in [0.25, 0.3) is 0 Å². The highest BCUT2D eigenvalue weighted by atomic mass is 19.1. The van der Waals surface area contributed by atoms with Crippen LogP contribution < -0.4 is 5.73 Å². The lowest BCUT2D eigenvalue weighted by atomic mass is 9.98. The summed E-state index contributed by atoms with van der Waals surface area (Å²) in [5, 5.41) is 10.1. The van der Waals surface area contributed by atoms with Gasteiger partial charge in [0.1, 0.15) is 23.6 Å². The molecule has 0 spiro atoms. The van der Waals surface area contributed by atoms with Gasteiger partial charge in [0.2, 0.25) is 0 Å². The number of nitrogens with zero attached hydrogens (tertiary/aromatic N) is 1. The summed E-state index contributed by atoms with van der Waals surface area (Å²) in [7, 11) is 0. The molecule has 0 fully saturated rings. The van der Waals surface area contributed by atoms with Crippen LogP contribution in [0.15, 0.2) is 30.5 Å². The van der Waals surface area contributed by atoms with Gasteiger partial charge in [0, 0.05) is 17.8 Å². The molecule has 94 valence electrons. The highest BCUT2D eigenvalue weighted by molar-refractivity contribution is 5.48. The zero-order valence-electron chi connectivity index (χ0n) is 9.69. The Morgan fingerprint density at radius 1 is 1.22 bits per heavy atom. The number of hydrogen-bond donors (Lipinski definition) is 2. The summed E-state index contributed by atoms with van der Waals surface area (Å²) in [6.45, 7) is 1.74. The molecule has 0 saturated heterocycles. The number of aryl methyl sites for hydroxylation is 1. The van der Waals surface area contributed by atoms with E-state index in [0.717, 1.165) is 18.2 Å². The van der Waals surface area contributed by atoms with Crippen molar-refractivity contribution >= 4 is 5.82 Å². The number of halogens is 2. The number of aromatic nitrogens is 1. The fraction of sp³-hybridized carbons (Fsp3) is 0.154. The van der Waals surface area contributed by atoms with Gasteiger partial charge in [-0.15, -0.1) is 0 Å². The molecule has 1 unspecified atom stereocenters. The molecular weight excluding hydrogens is 238 g/mol. The van der Waals surface area contributed by atoms with Crippen molar-refractivity contribution in [1.29, 1.82) is 0 Å². The summed E-state index contributed by atoms with van der Waals surface area (Å²) in [5.74, 6) is -1.35. The van der Waals surface area contributed by atoms with E-state index in [1.54, 1.807) is 13.0 Å². The quantitative estimate of drug-likeness (QED) is 0.860. The second-order valence-electron chi connectivity index (χ2n) is 4.03. The van der Waals surface area contributed by atoms with E-state index in [1.807, 2.05) is 0 Å². The number of hydrogen-bond acceptors (Lipinski definition) is 3. The van der Waals surface area contributed by atoms with Gasteiger partial charge in [-0.2, -0.15) is 0 Å². The SMILES string of the molecule is Cc1ccnc(N)c1C(O)c1cc(F)cc(F)c1. The zero-order valence-corrected chi connectivity index (χ0v) is 9.69. The Hall–Kier alpha value is -2.01. The fourth-order valence-corrected chi connectivity index (χ4v) is 1.85. The largest absolute Gasteiger partial charge is 0.384 e. The van der Waals surface area contributed by atoms with Crippen LogP contribution in [0.1, 0.15) is 22.8 Å². The second kappa shape index (κ2) is 4.70. The molecule has 0 aliphatic carbocycles. The highest BCUT2D eigenvalue weighted by Crippen LogP contribution is 2.28. The Morgan fingerprint density at radius 3 is 2.39 bits per heavy atom. The van der Waals surface area contributed by atoms with Gasteiger partial charge in [-0.3, -0.25) is 0 Å². The van der Waals surface area contributed by atoms with Crippen molar-refractivity contribution in [1.82, 2.24) is 4.98 Å². The Bertz CT molecular complexity index is 547. The van der Waals surface area contributed by atoms with E-state index in [4.69, 9.17) is 5.73 Å². The fourth-order valence-electron chi connectivity index (χ4n) is 1.85. The number of aliphatic hydroxyl groups is 1. The topological polar surface area (TPSA) is 59.1 Å². The first-order chi connectivity index (χ1) is 8.49. The molecule has 2 rings (SSSR count). The molecule has 0 bridgehead atoms. The van der Waals surface area contributed by atoms with Gasteiger partial charge in [0.05, 0.1) is 0 Å². The summed E-state index contributed by atoms with van der Waals surface area (Å²) in [5.41, 5.74) is 6.86. The van der Waals surface area contributed by atoms with E-state index in [-0.39, 0.29) is 11.4 Å². The van der Waals surface area contributed by atoms with Crippen LogP contribution in [0.2, 0.25) is 0 Å². The molecule has 0 aliphatic heterocycles. The molecule has 0 radical (unpaired) electrons. The Morgan fingerprint density at radius 2 is 1.83 bits per heavy atom. The predicted octanol–water partition coefficient (Wildman–Crippen LogP) is 2.33. The molecule has 3 N–H and O–H groups in total. The third kappa shape index (κ3) is 2.31. The zero-order chi connectivity index (χ0) is 13.3. The molecule has 2 aromatic rings. The van der Waals surface area contributed by atoms with Crippen LogP contribution in [0.25, 0.3) is 0 Å². The minimum Gasteiger partial charge on any atom is -0.384 e. The van der Waals surface area contributed by atoms with Crippen LogP contribution in [-0.2, 0) is 0 Å². The average molecular weight is 250 g/mol. The molecule has 1 aromatic carbocycles. The molecule has 1 aromatic heterocycles. The van der Waals surface area contributed by atoms with E-state index >= 15 is 0 Å². The molecule has 0 amide bonds. The normalized spacial score (nSPS) is 12.4. The predicted molar refractivity (Wildman–Crippen MR) is 63.8 cm³/mol. The smallest absolute Gasteiger partial charge is 0.129 e. The highest BCUT2D eigenvalue weighted by Gasteiger charge is 2.18. The lowest BCUT2D eigenvalue weighted by Gasteiger charge is -2.15. The van der Waals surface area contributed by atoms with Crippen LogP contribution in [0.3, 0.4) is 0 Å². The van der Waals surface area contributed by atoms with Crippen molar-refractivity contribution < 1.29 is 13.9 Å². The minimum absolute atomic E-state index is 0.107. The first-order valence-corrected chi connectivity index (χ1v) is 5.34. The standard InChI is InChI=1S/C13H12F2N2O/c1-7-2-3-17-13(16)11(7)12(18)8-4-9(14)6-10(15)5-8/h2-6,12,18H,1H3,(H2,16,17). The van der Waals surface area contributed by atoms with Gasteiger partial charge < -0.3 is 10.8 Å². The van der Waals surface area contributed by atoms with Crippen molar-refractivity contribution in [3.05, 3.63) is 58.8 Å². The lowest BCUT2D eigenvalue weighted by Crippen LogP contribution is -2.08. The van der Waals surface area contributed by atoms with Gasteiger partial charge in [0.15, 0.2) is 0 Å². The van der Waals surface area contributed by atoms with E-state index in [0.29, 0.717) is 11.1 Å². The number of anilines is 1. The van der Waals surface area contributed by atoms with Gasteiger partial charge in [-0.25, -0.2) is 13.8 Å². The van der Waals surface area contributed by atoms with E-state index in [9.17, 15) is 13.9 Å². The Kier molecular flexibility index (Phi) is 3.25. The minimum atomic E-state index is -1.20. The summed E-state index contributed by atoms with van der Waals surface area (Å²) in [4.78, 5) is 3.86. The molecule has 0 aliphatic rings. The maximum atomic E-state index is 13.1. The van der Waals surface area contributed by atoms with Crippen molar-refractivity contribution in [2.24, 2.45) is 0 Å². The van der Waals surface area contributed by atoms with Crippen molar-refractivity contribution in [3.8, 4) is 0 Å². The number of pyridine rings is 1. The maximum absolute atomic E-state index is 13.1. The number of nitrogen functional groups attached to an aromatic ring is 1. The van der Waals surface area contributed by atoms with E-state index in [1.165, 1.54) is 6.20 Å². The molecule has 1 heterocycles. The number of benzene rings is 1. The summed E-state index contributed by atoms with van der Waals surface area (Å²) in [6, 6.07) is 4.56. The molecule has 3 nitrogen and oxygen atoms in total. The lowest BCUT2D eigenvalue weighted by molar-refractivity contribution is 0.219. The summed E-state index contributed by atoms with van der Waals surface area (Å²) < 4.78 is 26.2. The number of aliphatic hydroxyl groups excluding tert-OH is 1. The Balaban J connectivity index is 2.51. The van der Waals surface area contributed by atoms with E-state index in [2.05, 4.69) is 4.98 Å². The second-order valence-corrected chi connectivity index (χ2v) is 4.03. The Labute approximate surface area is 103 Å². The summed E-state index contributed by atoms with van der Waals surface area (Å²) >= 11 is 0. The van der Waals surface area contributed by atoms with Gasteiger partial charge >= 0.3 is 0 Å².